The van der Waals surface area contributed by atoms with Crippen LogP contribution in [0.2, 0.25) is 0 Å². The summed E-state index contributed by atoms with van der Waals surface area (Å²) < 4.78 is 0. The number of rotatable bonds is 5. The van der Waals surface area contributed by atoms with E-state index in [1.807, 2.05) is 35.2 Å². The Morgan fingerprint density at radius 1 is 1.13 bits per heavy atom. The van der Waals surface area contributed by atoms with E-state index in [2.05, 4.69) is 17.1 Å². The van der Waals surface area contributed by atoms with Crippen LogP contribution in [-0.2, 0) is 16.1 Å². The highest BCUT2D eigenvalue weighted by Crippen LogP contribution is 2.39. The summed E-state index contributed by atoms with van der Waals surface area (Å²) in [5.41, 5.74) is 1.11. The summed E-state index contributed by atoms with van der Waals surface area (Å²) in [5, 5.41) is 2.95. The van der Waals surface area contributed by atoms with Gasteiger partial charge in [-0.25, -0.2) is 0 Å². The van der Waals surface area contributed by atoms with Gasteiger partial charge in [-0.05, 0) is 17.9 Å². The highest BCUT2D eigenvalue weighted by Gasteiger charge is 2.41. The zero-order valence-electron chi connectivity index (χ0n) is 13.7. The van der Waals surface area contributed by atoms with Crippen molar-refractivity contribution in [2.75, 3.05) is 32.7 Å². The number of nitrogens with one attached hydrogen (secondary N) is 1. The molecule has 1 saturated heterocycles. The number of benzene rings is 1. The maximum absolute atomic E-state index is 12.2. The molecule has 1 aromatic carbocycles. The van der Waals surface area contributed by atoms with Gasteiger partial charge in [0.15, 0.2) is 0 Å². The van der Waals surface area contributed by atoms with Crippen molar-refractivity contribution in [2.45, 2.75) is 19.9 Å². The smallest absolute Gasteiger partial charge is 0.234 e. The number of piperazine rings is 1. The van der Waals surface area contributed by atoms with E-state index >= 15 is 0 Å². The number of hydrogen-bond acceptors (Lipinski definition) is 3. The molecule has 1 saturated carbocycles. The van der Waals surface area contributed by atoms with Crippen molar-refractivity contribution in [2.24, 2.45) is 11.8 Å². The van der Waals surface area contributed by atoms with Crippen molar-refractivity contribution in [1.29, 1.82) is 0 Å². The lowest BCUT2D eigenvalue weighted by Crippen LogP contribution is -2.51. The van der Waals surface area contributed by atoms with Gasteiger partial charge in [-0.2, -0.15) is 0 Å². The first kappa shape index (κ1) is 16.0. The van der Waals surface area contributed by atoms with Crippen LogP contribution in [0.25, 0.3) is 0 Å². The standard InChI is InChI=1S/C18H25N3O2/c1-14-11-16(14)18(23)21-9-7-20(8-10-21)13-17(22)19-12-15-5-3-2-4-6-15/h2-6,14,16H,7-13H2,1H3,(H,19,22). The molecule has 2 atom stereocenters. The average molecular weight is 315 g/mol. The summed E-state index contributed by atoms with van der Waals surface area (Å²) in [4.78, 5) is 28.3. The van der Waals surface area contributed by atoms with Gasteiger partial charge in [0.05, 0.1) is 6.54 Å². The summed E-state index contributed by atoms with van der Waals surface area (Å²) in [6.45, 7) is 6.17. The molecule has 0 radical (unpaired) electrons. The van der Waals surface area contributed by atoms with Gasteiger partial charge in [-0.1, -0.05) is 37.3 Å². The number of carbonyl (C=O) groups is 2. The second-order valence-electron chi connectivity index (χ2n) is 6.68. The molecule has 5 nitrogen and oxygen atoms in total. The fourth-order valence-electron chi connectivity index (χ4n) is 3.08. The summed E-state index contributed by atoms with van der Waals surface area (Å²) in [6, 6.07) is 9.92. The summed E-state index contributed by atoms with van der Waals surface area (Å²) in [5.74, 6) is 1.18. The first-order valence-electron chi connectivity index (χ1n) is 8.45. The number of nitrogens with zero attached hydrogens (tertiary/aromatic N) is 2. The Morgan fingerprint density at radius 2 is 1.78 bits per heavy atom. The molecule has 5 heteroatoms. The van der Waals surface area contributed by atoms with Gasteiger partial charge in [0.1, 0.15) is 0 Å². The topological polar surface area (TPSA) is 52.7 Å². The van der Waals surface area contributed by atoms with E-state index in [0.29, 0.717) is 24.9 Å². The minimum atomic E-state index is 0.0458. The predicted molar refractivity (Wildman–Crippen MR) is 88.6 cm³/mol. The van der Waals surface area contributed by atoms with Gasteiger partial charge in [0.2, 0.25) is 11.8 Å². The molecular weight excluding hydrogens is 290 g/mol. The third-order valence-electron chi connectivity index (χ3n) is 4.81. The van der Waals surface area contributed by atoms with Gasteiger partial charge < -0.3 is 10.2 Å². The summed E-state index contributed by atoms with van der Waals surface area (Å²) >= 11 is 0. The third-order valence-corrected chi connectivity index (χ3v) is 4.81. The number of amides is 2. The largest absolute Gasteiger partial charge is 0.351 e. The minimum Gasteiger partial charge on any atom is -0.351 e. The van der Waals surface area contributed by atoms with Crippen molar-refractivity contribution in [3.05, 3.63) is 35.9 Å². The predicted octanol–water partition coefficient (Wildman–Crippen LogP) is 1.10. The van der Waals surface area contributed by atoms with Crippen LogP contribution in [0.1, 0.15) is 18.9 Å². The van der Waals surface area contributed by atoms with Crippen LogP contribution in [0.3, 0.4) is 0 Å². The Labute approximate surface area is 137 Å². The van der Waals surface area contributed by atoms with Crippen LogP contribution in [-0.4, -0.2) is 54.3 Å². The molecule has 2 aliphatic rings. The van der Waals surface area contributed by atoms with Gasteiger partial charge >= 0.3 is 0 Å². The molecule has 2 unspecified atom stereocenters. The van der Waals surface area contributed by atoms with E-state index in [1.54, 1.807) is 0 Å². The molecule has 2 amide bonds. The van der Waals surface area contributed by atoms with Gasteiger partial charge in [-0.15, -0.1) is 0 Å². The molecule has 3 rings (SSSR count). The van der Waals surface area contributed by atoms with Crippen molar-refractivity contribution in [3.63, 3.8) is 0 Å². The minimum absolute atomic E-state index is 0.0458. The Kier molecular flexibility index (Phi) is 4.96. The molecule has 1 aromatic rings. The van der Waals surface area contributed by atoms with E-state index in [4.69, 9.17) is 0 Å². The van der Waals surface area contributed by atoms with Crippen molar-refractivity contribution >= 4 is 11.8 Å². The van der Waals surface area contributed by atoms with Crippen LogP contribution < -0.4 is 5.32 Å². The quantitative estimate of drug-likeness (QED) is 0.885. The molecular formula is C18H25N3O2. The molecule has 0 bridgehead atoms. The van der Waals surface area contributed by atoms with Gasteiger partial charge in [-0.3, -0.25) is 14.5 Å². The Bertz CT molecular complexity index is 553. The maximum atomic E-state index is 12.2. The molecule has 23 heavy (non-hydrogen) atoms. The molecule has 2 fully saturated rings. The zero-order chi connectivity index (χ0) is 16.2. The van der Waals surface area contributed by atoms with Crippen LogP contribution in [0, 0.1) is 11.8 Å². The fourth-order valence-corrected chi connectivity index (χ4v) is 3.08. The average Bonchev–Trinajstić information content (AvgIpc) is 3.31. The highest BCUT2D eigenvalue weighted by atomic mass is 16.2. The fraction of sp³-hybridized carbons (Fsp3) is 0.556. The first-order valence-corrected chi connectivity index (χ1v) is 8.45. The second-order valence-corrected chi connectivity index (χ2v) is 6.68. The lowest BCUT2D eigenvalue weighted by molar-refractivity contribution is -0.134. The Morgan fingerprint density at radius 3 is 2.39 bits per heavy atom. The second kappa shape index (κ2) is 7.13. The monoisotopic (exact) mass is 315 g/mol. The first-order chi connectivity index (χ1) is 11.1. The van der Waals surface area contributed by atoms with Crippen molar-refractivity contribution in [3.8, 4) is 0 Å². The SMILES string of the molecule is CC1CC1C(=O)N1CCN(CC(=O)NCc2ccccc2)CC1. The van der Waals surface area contributed by atoms with E-state index in [-0.39, 0.29) is 11.8 Å². The highest BCUT2D eigenvalue weighted by molar-refractivity contribution is 5.82. The molecule has 1 heterocycles. The Balaban J connectivity index is 1.37. The van der Waals surface area contributed by atoms with Gasteiger partial charge in [0.25, 0.3) is 0 Å². The van der Waals surface area contributed by atoms with Crippen LogP contribution in [0.15, 0.2) is 30.3 Å². The molecule has 124 valence electrons. The number of carbonyl (C=O) groups excluding carboxylic acids is 2. The normalized spacial score (nSPS) is 24.3. The van der Waals surface area contributed by atoms with Gasteiger partial charge in [0, 0.05) is 38.6 Å². The zero-order valence-corrected chi connectivity index (χ0v) is 13.7. The lowest BCUT2D eigenvalue weighted by atomic mass is 10.2. The van der Waals surface area contributed by atoms with Crippen molar-refractivity contribution in [1.82, 2.24) is 15.1 Å². The van der Waals surface area contributed by atoms with E-state index in [9.17, 15) is 9.59 Å². The lowest BCUT2D eigenvalue weighted by Gasteiger charge is -2.34. The van der Waals surface area contributed by atoms with Crippen LogP contribution in [0.4, 0.5) is 0 Å². The van der Waals surface area contributed by atoms with Crippen LogP contribution >= 0.6 is 0 Å². The molecule has 0 aromatic heterocycles. The Hall–Kier alpha value is -1.88. The molecule has 1 N–H and O–H groups in total. The van der Waals surface area contributed by atoms with Crippen molar-refractivity contribution < 1.29 is 9.59 Å². The maximum Gasteiger partial charge on any atom is 0.234 e. The number of hydrogen-bond donors (Lipinski definition) is 1. The molecule has 0 spiro atoms. The molecule has 1 aliphatic heterocycles. The summed E-state index contributed by atoms with van der Waals surface area (Å²) in [6.07, 6.45) is 1.04. The van der Waals surface area contributed by atoms with E-state index in [0.717, 1.165) is 38.2 Å². The third kappa shape index (κ3) is 4.32. The van der Waals surface area contributed by atoms with E-state index in [1.165, 1.54) is 0 Å². The summed E-state index contributed by atoms with van der Waals surface area (Å²) in [7, 11) is 0. The van der Waals surface area contributed by atoms with Crippen LogP contribution in [0.5, 0.6) is 0 Å². The molecule has 1 aliphatic carbocycles. The van der Waals surface area contributed by atoms with E-state index < -0.39 is 0 Å².